The molecule has 0 bridgehead atoms. The van der Waals surface area contributed by atoms with E-state index in [0.29, 0.717) is 21.1 Å². The fourth-order valence-electron chi connectivity index (χ4n) is 4.46. The molecule has 0 atom stereocenters. The third-order valence-corrected chi connectivity index (χ3v) is 9.44. The number of amides is 1. The van der Waals surface area contributed by atoms with Gasteiger partial charge >= 0.3 is 5.69 Å². The van der Waals surface area contributed by atoms with Crippen LogP contribution >= 0.6 is 11.8 Å². The Kier molecular flexibility index (Phi) is 7.96. The lowest BCUT2D eigenvalue weighted by molar-refractivity contribution is -0.386. The van der Waals surface area contributed by atoms with Crippen LogP contribution < -0.4 is 10.1 Å². The van der Waals surface area contributed by atoms with Crippen LogP contribution in [0.4, 0.5) is 11.4 Å². The van der Waals surface area contributed by atoms with Crippen LogP contribution in [0.25, 0.3) is 6.08 Å². The monoisotopic (exact) mass is 586 g/mol. The second-order valence-electron chi connectivity index (χ2n) is 9.61. The minimum atomic E-state index is -3.66. The Bertz CT molecular complexity index is 1780. The van der Waals surface area contributed by atoms with Gasteiger partial charge in [0.1, 0.15) is 6.61 Å². The minimum absolute atomic E-state index is 0.119. The molecule has 0 fully saturated rings. The summed E-state index contributed by atoms with van der Waals surface area (Å²) in [4.78, 5) is 25.3. The van der Waals surface area contributed by atoms with Crippen LogP contribution in [0.5, 0.6) is 5.75 Å². The zero-order chi connectivity index (χ0) is 29.1. The maximum atomic E-state index is 13.2. The lowest BCUT2D eigenvalue weighted by atomic mass is 10.1. The second-order valence-corrected chi connectivity index (χ2v) is 12.7. The van der Waals surface area contributed by atoms with E-state index in [1.54, 1.807) is 18.2 Å². The van der Waals surface area contributed by atoms with Gasteiger partial charge in [0.15, 0.2) is 15.6 Å². The van der Waals surface area contributed by atoms with E-state index in [4.69, 9.17) is 4.74 Å². The Morgan fingerprint density at radius 3 is 2.39 bits per heavy atom. The summed E-state index contributed by atoms with van der Waals surface area (Å²) in [6, 6.07) is 24.2. The molecule has 4 aromatic rings. The normalized spacial score (nSPS) is 13.9. The van der Waals surface area contributed by atoms with E-state index >= 15 is 0 Å². The van der Waals surface area contributed by atoms with Crippen molar-refractivity contribution in [3.05, 3.63) is 128 Å². The van der Waals surface area contributed by atoms with Gasteiger partial charge in [-0.05, 0) is 72.0 Å². The molecule has 41 heavy (non-hydrogen) atoms. The van der Waals surface area contributed by atoms with Crippen LogP contribution in [0.2, 0.25) is 0 Å². The number of anilines is 1. The maximum absolute atomic E-state index is 13.2. The standard InChI is InChI=1S/C31H26N2O6S2/c1-20-7-6-8-21(2)25(20)19-41(37,38)24-12-14-29-26(17-24)32-31(34)30(40-29)16-23-11-13-28(27(15-23)33(35)36)39-18-22-9-4-3-5-10-22/h3-17H,18-19H2,1-2H3,(H,32,34)/b30-16-. The van der Waals surface area contributed by atoms with Crippen LogP contribution in [-0.2, 0) is 27.0 Å². The molecular weight excluding hydrogens is 560 g/mol. The van der Waals surface area contributed by atoms with Gasteiger partial charge in [-0.15, -0.1) is 0 Å². The van der Waals surface area contributed by atoms with E-state index in [1.807, 2.05) is 62.4 Å². The number of hydrogen-bond acceptors (Lipinski definition) is 7. The van der Waals surface area contributed by atoms with Gasteiger partial charge in [0.2, 0.25) is 0 Å². The van der Waals surface area contributed by atoms with Crippen molar-refractivity contribution in [2.75, 3.05) is 5.32 Å². The van der Waals surface area contributed by atoms with E-state index < -0.39 is 20.7 Å². The van der Waals surface area contributed by atoms with Gasteiger partial charge in [-0.3, -0.25) is 14.9 Å². The van der Waals surface area contributed by atoms with Gasteiger partial charge in [0.25, 0.3) is 5.91 Å². The lowest BCUT2D eigenvalue weighted by Gasteiger charge is -2.20. The predicted octanol–water partition coefficient (Wildman–Crippen LogP) is 6.85. The summed E-state index contributed by atoms with van der Waals surface area (Å²) in [7, 11) is -3.66. The number of thioether (sulfide) groups is 1. The van der Waals surface area contributed by atoms with Crippen LogP contribution in [0.1, 0.15) is 27.8 Å². The van der Waals surface area contributed by atoms with Crippen molar-refractivity contribution >= 4 is 45.0 Å². The molecule has 0 aromatic heterocycles. The summed E-state index contributed by atoms with van der Waals surface area (Å²) < 4.78 is 32.1. The number of carbonyl (C=O) groups is 1. The molecule has 8 nitrogen and oxygen atoms in total. The number of ether oxygens (including phenoxy) is 1. The summed E-state index contributed by atoms with van der Waals surface area (Å²) in [5.41, 5.74) is 4.09. The van der Waals surface area contributed by atoms with Crippen LogP contribution in [-0.4, -0.2) is 19.2 Å². The Morgan fingerprint density at radius 2 is 1.68 bits per heavy atom. The summed E-state index contributed by atoms with van der Waals surface area (Å²) in [5.74, 6) is -0.444. The number of nitro groups is 1. The number of aryl methyl sites for hydroxylation is 2. The molecule has 5 rings (SSSR count). The molecule has 1 aliphatic heterocycles. The molecule has 1 N–H and O–H groups in total. The average Bonchev–Trinajstić information content (AvgIpc) is 2.95. The van der Waals surface area contributed by atoms with Crippen molar-refractivity contribution < 1.29 is 22.9 Å². The summed E-state index contributed by atoms with van der Waals surface area (Å²) in [5, 5.41) is 14.5. The first kappa shape index (κ1) is 28.1. The van der Waals surface area contributed by atoms with E-state index in [1.165, 1.54) is 36.0 Å². The first-order valence-electron chi connectivity index (χ1n) is 12.7. The molecule has 1 amide bonds. The molecule has 10 heteroatoms. The summed E-state index contributed by atoms with van der Waals surface area (Å²) >= 11 is 1.17. The number of nitrogens with zero attached hydrogens (tertiary/aromatic N) is 1. The molecule has 208 valence electrons. The third-order valence-electron chi connectivity index (χ3n) is 6.70. The van der Waals surface area contributed by atoms with Crippen molar-refractivity contribution in [2.45, 2.75) is 36.0 Å². The Labute approximate surface area is 242 Å². The highest BCUT2D eigenvalue weighted by Gasteiger charge is 2.25. The van der Waals surface area contributed by atoms with Crippen LogP contribution in [0.15, 0.2) is 99.6 Å². The molecule has 4 aromatic carbocycles. The first-order valence-corrected chi connectivity index (χ1v) is 15.2. The van der Waals surface area contributed by atoms with Gasteiger partial charge in [0, 0.05) is 11.0 Å². The van der Waals surface area contributed by atoms with E-state index in [9.17, 15) is 23.3 Å². The first-order chi connectivity index (χ1) is 19.6. The molecule has 0 unspecified atom stereocenters. The average molecular weight is 587 g/mol. The van der Waals surface area contributed by atoms with E-state index in [0.717, 1.165) is 22.3 Å². The quantitative estimate of drug-likeness (QED) is 0.136. The van der Waals surface area contributed by atoms with Crippen LogP contribution in [0, 0.1) is 24.0 Å². The van der Waals surface area contributed by atoms with E-state index in [2.05, 4.69) is 5.32 Å². The number of rotatable bonds is 8. The summed E-state index contributed by atoms with van der Waals surface area (Å²) in [6.45, 7) is 3.95. The van der Waals surface area contributed by atoms with Gasteiger partial charge in [0.05, 0.1) is 26.2 Å². The fourth-order valence-corrected chi connectivity index (χ4v) is 6.97. The number of nitro benzene ring substituents is 1. The van der Waals surface area contributed by atoms with Crippen molar-refractivity contribution in [1.29, 1.82) is 0 Å². The SMILES string of the molecule is Cc1cccc(C)c1CS(=O)(=O)c1ccc2c(c1)NC(=O)/C(=C/c1ccc(OCc3ccccc3)c([N+](=O)[O-])c1)S2. The second kappa shape index (κ2) is 11.6. The minimum Gasteiger partial charge on any atom is -0.482 e. The molecule has 0 saturated carbocycles. The van der Waals surface area contributed by atoms with Crippen molar-refractivity contribution in [1.82, 2.24) is 0 Å². The predicted molar refractivity (Wildman–Crippen MR) is 160 cm³/mol. The number of benzene rings is 4. The molecule has 0 radical (unpaired) electrons. The molecule has 0 aliphatic carbocycles. The topological polar surface area (TPSA) is 116 Å². The molecular formula is C31H26N2O6S2. The highest BCUT2D eigenvalue weighted by molar-refractivity contribution is 8.04. The maximum Gasteiger partial charge on any atom is 0.311 e. The third kappa shape index (κ3) is 6.34. The van der Waals surface area contributed by atoms with Crippen molar-refractivity contribution in [3.63, 3.8) is 0 Å². The van der Waals surface area contributed by atoms with Gasteiger partial charge < -0.3 is 10.1 Å². The smallest absolute Gasteiger partial charge is 0.311 e. The Balaban J connectivity index is 1.36. The zero-order valence-corrected chi connectivity index (χ0v) is 23.9. The van der Waals surface area contributed by atoms with E-state index in [-0.39, 0.29) is 28.7 Å². The van der Waals surface area contributed by atoms with Crippen LogP contribution in [0.3, 0.4) is 0 Å². The lowest BCUT2D eigenvalue weighted by Crippen LogP contribution is -2.18. The highest BCUT2D eigenvalue weighted by Crippen LogP contribution is 2.41. The molecule has 0 saturated heterocycles. The Morgan fingerprint density at radius 1 is 0.951 bits per heavy atom. The highest BCUT2D eigenvalue weighted by atomic mass is 32.2. The number of carbonyl (C=O) groups excluding carboxylic acids is 1. The van der Waals surface area contributed by atoms with Gasteiger partial charge in [-0.25, -0.2) is 8.42 Å². The number of hydrogen-bond donors (Lipinski definition) is 1. The number of fused-ring (bicyclic) bond motifs is 1. The number of nitrogens with one attached hydrogen (secondary N) is 1. The molecule has 0 spiro atoms. The van der Waals surface area contributed by atoms with Gasteiger partial charge in [-0.1, -0.05) is 66.4 Å². The molecule has 1 aliphatic rings. The summed E-state index contributed by atoms with van der Waals surface area (Å²) in [6.07, 6.45) is 1.56. The zero-order valence-electron chi connectivity index (χ0n) is 22.3. The Hall–Kier alpha value is -4.41. The fraction of sp³-hybridized carbons (Fsp3) is 0.129. The molecule has 1 heterocycles. The van der Waals surface area contributed by atoms with Gasteiger partial charge in [-0.2, -0.15) is 0 Å². The van der Waals surface area contributed by atoms with Crippen molar-refractivity contribution in [3.8, 4) is 5.75 Å². The number of sulfone groups is 1. The largest absolute Gasteiger partial charge is 0.482 e. The van der Waals surface area contributed by atoms with Crippen molar-refractivity contribution in [2.24, 2.45) is 0 Å².